The van der Waals surface area contributed by atoms with E-state index in [9.17, 15) is 0 Å². The number of hydrogen-bond donors (Lipinski definition) is 2. The van der Waals surface area contributed by atoms with Gasteiger partial charge in [0, 0.05) is 48.9 Å². The molecular weight excluding hydrogens is 324 g/mol. The zero-order chi connectivity index (χ0) is 17.8. The number of fused-ring (bicyclic) bond motifs is 1. The highest BCUT2D eigenvalue weighted by atomic mass is 16.5. The molecule has 4 rings (SSSR count). The van der Waals surface area contributed by atoms with Gasteiger partial charge in [-0.15, -0.1) is 0 Å². The Labute approximate surface area is 158 Å². The summed E-state index contributed by atoms with van der Waals surface area (Å²) in [5.74, 6) is 0.593. The zero-order valence-electron chi connectivity index (χ0n) is 16.2. The summed E-state index contributed by atoms with van der Waals surface area (Å²) in [6.07, 6.45) is 13.5. The quantitative estimate of drug-likeness (QED) is 0.794. The number of aliphatic imine (C=N–C) groups is 1. The molecule has 2 aliphatic heterocycles. The normalized spacial score (nSPS) is 38.3. The van der Waals surface area contributed by atoms with Gasteiger partial charge in [0.1, 0.15) is 0 Å². The van der Waals surface area contributed by atoms with Crippen LogP contribution in [0.2, 0.25) is 0 Å². The Morgan fingerprint density at radius 3 is 2.65 bits per heavy atom. The molecule has 4 aliphatic rings. The van der Waals surface area contributed by atoms with Crippen LogP contribution in [0.15, 0.2) is 16.8 Å². The monoisotopic (exact) mass is 360 g/mol. The maximum absolute atomic E-state index is 6.10. The van der Waals surface area contributed by atoms with E-state index in [1.807, 2.05) is 0 Å². The van der Waals surface area contributed by atoms with Crippen molar-refractivity contribution >= 4 is 5.71 Å². The standard InChI is InChI=1S/C21H36N4O/c22-16-5-7-17(8-6-16)24-21-15-18(25-10-12-26-13-11-25)14-20-19(21)4-2-1-3-9-23-20/h15-17,19-20,23H,1-14,22H2. The van der Waals surface area contributed by atoms with E-state index in [0.717, 1.165) is 65.0 Å². The molecule has 2 saturated heterocycles. The summed E-state index contributed by atoms with van der Waals surface area (Å²) in [6, 6.07) is 1.44. The molecule has 0 spiro atoms. The van der Waals surface area contributed by atoms with Crippen molar-refractivity contribution in [1.29, 1.82) is 0 Å². The topological polar surface area (TPSA) is 62.9 Å². The number of nitrogens with zero attached hydrogens (tertiary/aromatic N) is 2. The van der Waals surface area contributed by atoms with Crippen LogP contribution in [0.25, 0.3) is 0 Å². The molecular formula is C21H36N4O. The molecule has 5 nitrogen and oxygen atoms in total. The lowest BCUT2D eigenvalue weighted by molar-refractivity contribution is 0.0506. The molecule has 0 aromatic rings. The summed E-state index contributed by atoms with van der Waals surface area (Å²) in [6.45, 7) is 4.91. The van der Waals surface area contributed by atoms with Gasteiger partial charge in [0.15, 0.2) is 0 Å². The molecule has 0 radical (unpaired) electrons. The highest BCUT2D eigenvalue weighted by molar-refractivity contribution is 5.99. The third-order valence-corrected chi connectivity index (χ3v) is 6.70. The number of nitrogens with one attached hydrogen (secondary N) is 1. The van der Waals surface area contributed by atoms with Crippen LogP contribution in [0.5, 0.6) is 0 Å². The van der Waals surface area contributed by atoms with Crippen LogP contribution in [-0.4, -0.2) is 61.6 Å². The first-order valence-electron chi connectivity index (χ1n) is 10.9. The summed E-state index contributed by atoms with van der Waals surface area (Å²) in [5.41, 5.74) is 8.96. The molecule has 3 N–H and O–H groups in total. The molecule has 5 heteroatoms. The number of nitrogens with two attached hydrogens (primary N) is 1. The van der Waals surface area contributed by atoms with E-state index in [1.165, 1.54) is 37.1 Å². The summed E-state index contributed by atoms with van der Waals surface area (Å²) >= 11 is 0. The van der Waals surface area contributed by atoms with Crippen molar-refractivity contribution in [3.8, 4) is 0 Å². The fraction of sp³-hybridized carbons (Fsp3) is 0.857. The number of allylic oxidation sites excluding steroid dienone is 1. The molecule has 3 fully saturated rings. The zero-order valence-corrected chi connectivity index (χ0v) is 16.2. The maximum atomic E-state index is 6.10. The van der Waals surface area contributed by atoms with Gasteiger partial charge in [-0.1, -0.05) is 12.8 Å². The van der Waals surface area contributed by atoms with Crippen molar-refractivity contribution in [1.82, 2.24) is 10.2 Å². The van der Waals surface area contributed by atoms with E-state index >= 15 is 0 Å². The highest BCUT2D eigenvalue weighted by Crippen LogP contribution is 2.32. The first-order chi connectivity index (χ1) is 12.8. The second-order valence-corrected chi connectivity index (χ2v) is 8.58. The first kappa shape index (κ1) is 18.5. The Balaban J connectivity index is 1.57. The molecule has 0 aromatic heterocycles. The fourth-order valence-corrected chi connectivity index (χ4v) is 5.07. The van der Waals surface area contributed by atoms with Crippen molar-refractivity contribution in [2.75, 3.05) is 32.8 Å². The molecule has 0 aromatic carbocycles. The number of morpholine rings is 1. The molecule has 1 saturated carbocycles. The fourth-order valence-electron chi connectivity index (χ4n) is 5.07. The third kappa shape index (κ3) is 4.49. The van der Waals surface area contributed by atoms with Crippen LogP contribution >= 0.6 is 0 Å². The Bertz CT molecular complexity index is 518. The lowest BCUT2D eigenvalue weighted by Gasteiger charge is -2.40. The second kappa shape index (κ2) is 8.85. The summed E-state index contributed by atoms with van der Waals surface area (Å²) in [5, 5.41) is 3.87. The van der Waals surface area contributed by atoms with Crippen molar-refractivity contribution in [2.24, 2.45) is 16.6 Å². The third-order valence-electron chi connectivity index (χ3n) is 6.70. The number of rotatable bonds is 2. The minimum atomic E-state index is 0.396. The van der Waals surface area contributed by atoms with Gasteiger partial charge in [-0.05, 0) is 51.1 Å². The van der Waals surface area contributed by atoms with Gasteiger partial charge < -0.3 is 20.7 Å². The largest absolute Gasteiger partial charge is 0.378 e. The minimum Gasteiger partial charge on any atom is -0.378 e. The van der Waals surface area contributed by atoms with Crippen molar-refractivity contribution in [2.45, 2.75) is 75.9 Å². The van der Waals surface area contributed by atoms with Gasteiger partial charge in [0.05, 0.1) is 19.3 Å². The van der Waals surface area contributed by atoms with Gasteiger partial charge in [0.2, 0.25) is 0 Å². The Morgan fingerprint density at radius 1 is 1.04 bits per heavy atom. The van der Waals surface area contributed by atoms with E-state index in [-0.39, 0.29) is 0 Å². The molecule has 0 amide bonds. The Hall–Kier alpha value is -0.910. The average Bonchev–Trinajstić information content (AvgIpc) is 2.65. The van der Waals surface area contributed by atoms with Gasteiger partial charge >= 0.3 is 0 Å². The van der Waals surface area contributed by atoms with Gasteiger partial charge in [-0.2, -0.15) is 0 Å². The molecule has 2 unspecified atom stereocenters. The SMILES string of the molecule is NC1CCC(N=C2C=C(N3CCOCC3)CC3NCCCCCC23)CC1. The van der Waals surface area contributed by atoms with Crippen molar-refractivity contribution < 1.29 is 4.74 Å². The molecule has 2 aliphatic carbocycles. The molecule has 2 heterocycles. The van der Waals surface area contributed by atoms with Gasteiger partial charge in [0.25, 0.3) is 0 Å². The van der Waals surface area contributed by atoms with E-state index in [0.29, 0.717) is 24.0 Å². The van der Waals surface area contributed by atoms with Crippen LogP contribution in [0, 0.1) is 5.92 Å². The van der Waals surface area contributed by atoms with Crippen LogP contribution in [-0.2, 0) is 4.74 Å². The average molecular weight is 361 g/mol. The predicted molar refractivity (Wildman–Crippen MR) is 107 cm³/mol. The van der Waals surface area contributed by atoms with E-state index in [4.69, 9.17) is 15.5 Å². The van der Waals surface area contributed by atoms with Gasteiger partial charge in [-0.25, -0.2) is 0 Å². The van der Waals surface area contributed by atoms with E-state index < -0.39 is 0 Å². The molecule has 0 bridgehead atoms. The Kier molecular flexibility index (Phi) is 6.28. The van der Waals surface area contributed by atoms with E-state index in [2.05, 4.69) is 16.3 Å². The Morgan fingerprint density at radius 2 is 1.85 bits per heavy atom. The van der Waals surface area contributed by atoms with Crippen LogP contribution in [0.4, 0.5) is 0 Å². The summed E-state index contributed by atoms with van der Waals surface area (Å²) in [4.78, 5) is 7.85. The highest BCUT2D eigenvalue weighted by Gasteiger charge is 2.33. The lowest BCUT2D eigenvalue weighted by Crippen LogP contribution is -2.47. The van der Waals surface area contributed by atoms with Crippen molar-refractivity contribution in [3.63, 3.8) is 0 Å². The molecule has 146 valence electrons. The molecule has 2 atom stereocenters. The lowest BCUT2D eigenvalue weighted by atomic mass is 9.80. The predicted octanol–water partition coefficient (Wildman–Crippen LogP) is 2.47. The van der Waals surface area contributed by atoms with Crippen LogP contribution < -0.4 is 11.1 Å². The number of hydrogen-bond acceptors (Lipinski definition) is 5. The first-order valence-corrected chi connectivity index (χ1v) is 10.9. The molecule has 26 heavy (non-hydrogen) atoms. The smallest absolute Gasteiger partial charge is 0.0642 e. The van der Waals surface area contributed by atoms with E-state index in [1.54, 1.807) is 0 Å². The van der Waals surface area contributed by atoms with Crippen LogP contribution in [0.3, 0.4) is 0 Å². The van der Waals surface area contributed by atoms with Crippen molar-refractivity contribution in [3.05, 3.63) is 11.8 Å². The summed E-state index contributed by atoms with van der Waals surface area (Å²) < 4.78 is 5.57. The van der Waals surface area contributed by atoms with Gasteiger partial charge in [-0.3, -0.25) is 4.99 Å². The van der Waals surface area contributed by atoms with Crippen LogP contribution in [0.1, 0.15) is 57.8 Å². The second-order valence-electron chi connectivity index (χ2n) is 8.58. The minimum absolute atomic E-state index is 0.396. The summed E-state index contributed by atoms with van der Waals surface area (Å²) in [7, 11) is 0. The number of ether oxygens (including phenoxy) is 1. The maximum Gasteiger partial charge on any atom is 0.0642 e.